The van der Waals surface area contributed by atoms with Crippen molar-refractivity contribution in [3.63, 3.8) is 0 Å². The fourth-order valence-corrected chi connectivity index (χ4v) is 4.04. The maximum absolute atomic E-state index is 13.5. The number of carbonyl (C=O) groups excluding carboxylic acids is 1. The number of nitrogens with zero attached hydrogens (tertiary/aromatic N) is 4. The summed E-state index contributed by atoms with van der Waals surface area (Å²) in [6, 6.07) is 6.29. The van der Waals surface area contributed by atoms with E-state index in [4.69, 9.17) is 18.0 Å². The minimum absolute atomic E-state index is 0.0573. The van der Waals surface area contributed by atoms with E-state index < -0.39 is 0 Å². The first-order valence-corrected chi connectivity index (χ1v) is 12.7. The van der Waals surface area contributed by atoms with Crippen LogP contribution in [-0.4, -0.2) is 59.9 Å². The van der Waals surface area contributed by atoms with Gasteiger partial charge in [0.2, 0.25) is 5.95 Å². The molecule has 3 N–H and O–H groups in total. The fourth-order valence-electron chi connectivity index (χ4n) is 3.80. The second-order valence-electron chi connectivity index (χ2n) is 10.4. The summed E-state index contributed by atoms with van der Waals surface area (Å²) in [5.74, 6) is 6.06. The van der Waals surface area contributed by atoms with Gasteiger partial charge in [-0.05, 0) is 56.2 Å². The van der Waals surface area contributed by atoms with Crippen LogP contribution < -0.4 is 16.0 Å². The molecule has 1 heterocycles. The highest BCUT2D eigenvalue weighted by molar-refractivity contribution is 7.81. The zero-order chi connectivity index (χ0) is 27.2. The third kappa shape index (κ3) is 7.97. The number of amides is 1. The SMILES string of the molecule is CN(C)CCCN(C)c1ccc(C(C)(C)C)cc1NC(=O)C1=CC(C#Cc2cnc(N)nc2)=CCC1=S. The maximum atomic E-state index is 13.5. The molecule has 0 aliphatic heterocycles. The van der Waals surface area contributed by atoms with E-state index in [0.29, 0.717) is 22.4 Å². The summed E-state index contributed by atoms with van der Waals surface area (Å²) in [6.07, 6.45) is 8.31. The molecule has 0 fully saturated rings. The normalized spacial score (nSPS) is 13.4. The van der Waals surface area contributed by atoms with Crippen molar-refractivity contribution in [1.82, 2.24) is 14.9 Å². The molecule has 0 spiro atoms. The molecule has 194 valence electrons. The van der Waals surface area contributed by atoms with E-state index in [-0.39, 0.29) is 17.3 Å². The van der Waals surface area contributed by atoms with Gasteiger partial charge in [-0.3, -0.25) is 4.79 Å². The van der Waals surface area contributed by atoms with Gasteiger partial charge in [-0.25, -0.2) is 9.97 Å². The smallest absolute Gasteiger partial charge is 0.256 e. The number of aromatic nitrogens is 2. The number of carbonyl (C=O) groups is 1. The van der Waals surface area contributed by atoms with Crippen molar-refractivity contribution in [3.8, 4) is 11.8 Å². The molecule has 1 aliphatic rings. The number of nitrogens with two attached hydrogens (primary N) is 1. The first-order valence-electron chi connectivity index (χ1n) is 12.3. The Morgan fingerprint density at radius 2 is 1.84 bits per heavy atom. The molecule has 0 unspecified atom stereocenters. The zero-order valence-corrected chi connectivity index (χ0v) is 23.4. The van der Waals surface area contributed by atoms with Crippen LogP contribution in [-0.2, 0) is 10.2 Å². The van der Waals surface area contributed by atoms with Gasteiger partial charge in [-0.1, -0.05) is 57.0 Å². The molecule has 0 saturated heterocycles. The Bertz CT molecular complexity index is 1280. The number of rotatable bonds is 7. The number of nitrogen functional groups attached to an aromatic ring is 1. The fraction of sp³-hybridized carbons (Fsp3) is 0.379. The largest absolute Gasteiger partial charge is 0.373 e. The van der Waals surface area contributed by atoms with Crippen molar-refractivity contribution in [2.45, 2.75) is 39.0 Å². The summed E-state index contributed by atoms with van der Waals surface area (Å²) in [7, 11) is 6.20. The highest BCUT2D eigenvalue weighted by atomic mass is 32.1. The molecule has 0 radical (unpaired) electrons. The van der Waals surface area contributed by atoms with Crippen molar-refractivity contribution in [3.05, 3.63) is 65.0 Å². The van der Waals surface area contributed by atoms with E-state index >= 15 is 0 Å². The lowest BCUT2D eigenvalue weighted by atomic mass is 9.86. The van der Waals surface area contributed by atoms with Crippen molar-refractivity contribution < 1.29 is 4.79 Å². The van der Waals surface area contributed by atoms with E-state index in [1.807, 2.05) is 6.08 Å². The molecular formula is C29H36N6OS. The summed E-state index contributed by atoms with van der Waals surface area (Å²) in [4.78, 5) is 26.3. The van der Waals surface area contributed by atoms with Crippen LogP contribution in [0.15, 0.2) is 53.9 Å². The standard InChI is InChI=1S/C29H36N6OS/c1-29(2,3)22-11-12-25(35(6)15-7-14-34(4)5)24(17-22)33-27(36)23-16-20(10-13-26(23)37)8-9-21-18-31-28(30)32-19-21/h10-12,16-19H,7,13-15H2,1-6H3,(H,33,36)(H2,30,31,32). The topological polar surface area (TPSA) is 87.4 Å². The summed E-state index contributed by atoms with van der Waals surface area (Å²) in [6.45, 7) is 8.35. The second kappa shape index (κ2) is 12.1. The molecule has 0 atom stereocenters. The zero-order valence-electron chi connectivity index (χ0n) is 22.6. The predicted molar refractivity (Wildman–Crippen MR) is 157 cm³/mol. The van der Waals surface area contributed by atoms with E-state index in [2.05, 4.69) is 97.0 Å². The average molecular weight is 517 g/mol. The number of anilines is 3. The molecular weight excluding hydrogens is 480 g/mol. The first kappa shape index (κ1) is 28.0. The highest BCUT2D eigenvalue weighted by Crippen LogP contribution is 2.32. The number of allylic oxidation sites excluding steroid dienone is 3. The minimum Gasteiger partial charge on any atom is -0.373 e. The van der Waals surface area contributed by atoms with Crippen molar-refractivity contribution in [2.24, 2.45) is 0 Å². The highest BCUT2D eigenvalue weighted by Gasteiger charge is 2.22. The predicted octanol–water partition coefficient (Wildman–Crippen LogP) is 4.36. The molecule has 1 amide bonds. The molecule has 0 bridgehead atoms. The average Bonchev–Trinajstić information content (AvgIpc) is 2.83. The molecule has 1 aliphatic carbocycles. The van der Waals surface area contributed by atoms with E-state index in [1.54, 1.807) is 18.5 Å². The molecule has 1 aromatic carbocycles. The van der Waals surface area contributed by atoms with Crippen LogP contribution in [0.1, 0.15) is 44.7 Å². The molecule has 8 heteroatoms. The molecule has 2 aromatic rings. The summed E-state index contributed by atoms with van der Waals surface area (Å²) < 4.78 is 0. The Hall–Kier alpha value is -3.54. The summed E-state index contributed by atoms with van der Waals surface area (Å²) in [5, 5.41) is 3.15. The van der Waals surface area contributed by atoms with Gasteiger partial charge >= 0.3 is 0 Å². The molecule has 37 heavy (non-hydrogen) atoms. The van der Waals surface area contributed by atoms with Gasteiger partial charge in [-0.15, -0.1) is 0 Å². The van der Waals surface area contributed by atoms with Gasteiger partial charge in [0.25, 0.3) is 5.91 Å². The number of hydrogen-bond donors (Lipinski definition) is 2. The Morgan fingerprint density at radius 1 is 1.14 bits per heavy atom. The van der Waals surface area contributed by atoms with Gasteiger partial charge in [0.1, 0.15) is 0 Å². The van der Waals surface area contributed by atoms with Crippen LogP contribution in [0.4, 0.5) is 17.3 Å². The third-order valence-electron chi connectivity index (χ3n) is 6.00. The van der Waals surface area contributed by atoms with Crippen molar-refractivity contribution in [2.75, 3.05) is 50.2 Å². The van der Waals surface area contributed by atoms with Crippen LogP contribution in [0.5, 0.6) is 0 Å². The second-order valence-corrected chi connectivity index (χ2v) is 10.9. The van der Waals surface area contributed by atoms with Crippen LogP contribution in [0.2, 0.25) is 0 Å². The van der Waals surface area contributed by atoms with Crippen molar-refractivity contribution in [1.29, 1.82) is 0 Å². The lowest BCUT2D eigenvalue weighted by Gasteiger charge is -2.27. The van der Waals surface area contributed by atoms with Gasteiger partial charge in [0, 0.05) is 42.8 Å². The molecule has 3 rings (SSSR count). The lowest BCUT2D eigenvalue weighted by molar-refractivity contribution is -0.112. The Morgan fingerprint density at radius 3 is 2.49 bits per heavy atom. The molecule has 7 nitrogen and oxygen atoms in total. The van der Waals surface area contributed by atoms with Gasteiger partial charge in [0.15, 0.2) is 0 Å². The quantitative estimate of drug-likeness (QED) is 0.418. The Labute approximate surface area is 225 Å². The summed E-state index contributed by atoms with van der Waals surface area (Å²) in [5.41, 5.74) is 10.2. The van der Waals surface area contributed by atoms with E-state index in [0.717, 1.165) is 42.0 Å². The number of hydrogen-bond acceptors (Lipinski definition) is 7. The molecule has 1 aromatic heterocycles. The Balaban J connectivity index is 1.86. The lowest BCUT2D eigenvalue weighted by Crippen LogP contribution is -2.26. The van der Waals surface area contributed by atoms with Crippen LogP contribution in [0.3, 0.4) is 0 Å². The number of benzene rings is 1. The molecule has 0 saturated carbocycles. The summed E-state index contributed by atoms with van der Waals surface area (Å²) >= 11 is 5.54. The van der Waals surface area contributed by atoms with Gasteiger partial charge in [0.05, 0.1) is 22.5 Å². The van der Waals surface area contributed by atoms with Crippen LogP contribution in [0.25, 0.3) is 0 Å². The number of thiocarbonyl (C=S) groups is 1. The minimum atomic E-state index is -0.234. The third-order valence-corrected chi connectivity index (χ3v) is 6.38. The Kier molecular flexibility index (Phi) is 9.19. The van der Waals surface area contributed by atoms with Crippen molar-refractivity contribution >= 4 is 40.3 Å². The maximum Gasteiger partial charge on any atom is 0.256 e. The van der Waals surface area contributed by atoms with Crippen LogP contribution >= 0.6 is 12.2 Å². The van der Waals surface area contributed by atoms with Gasteiger partial charge in [-0.2, -0.15) is 0 Å². The van der Waals surface area contributed by atoms with E-state index in [1.165, 1.54) is 0 Å². The van der Waals surface area contributed by atoms with E-state index in [9.17, 15) is 4.79 Å². The monoisotopic (exact) mass is 516 g/mol. The van der Waals surface area contributed by atoms with Gasteiger partial charge < -0.3 is 20.9 Å². The number of nitrogens with one attached hydrogen (secondary N) is 1. The van der Waals surface area contributed by atoms with Crippen LogP contribution in [0, 0.1) is 11.8 Å². The first-order chi connectivity index (χ1) is 17.4.